The largest absolute Gasteiger partial charge is 0.467 e. The summed E-state index contributed by atoms with van der Waals surface area (Å²) >= 11 is 1.39. The highest BCUT2D eigenvalue weighted by Gasteiger charge is 2.32. The first kappa shape index (κ1) is 20.6. The minimum absolute atomic E-state index is 0.0486. The number of hydrogen-bond donors (Lipinski definition) is 0. The van der Waals surface area contributed by atoms with E-state index in [1.54, 1.807) is 6.07 Å². The summed E-state index contributed by atoms with van der Waals surface area (Å²) in [5.74, 6) is 1.09. The molecule has 1 aromatic carbocycles. The Balaban J connectivity index is 1.25. The fraction of sp³-hybridized carbons (Fsp3) is 0.652. The van der Waals surface area contributed by atoms with Crippen molar-refractivity contribution in [2.75, 3.05) is 13.1 Å². The lowest BCUT2D eigenvalue weighted by Gasteiger charge is -2.36. The van der Waals surface area contributed by atoms with Crippen molar-refractivity contribution in [1.29, 1.82) is 0 Å². The number of para-hydroxylation sites is 1. The number of likely N-dealkylation sites (tertiary alicyclic amines) is 1. The third-order valence-electron chi connectivity index (χ3n) is 6.53. The zero-order chi connectivity index (χ0) is 20.2. The van der Waals surface area contributed by atoms with Gasteiger partial charge in [-0.2, -0.15) is 4.98 Å². The lowest BCUT2D eigenvalue weighted by atomic mass is 9.79. The van der Waals surface area contributed by atoms with Crippen LogP contribution in [0.4, 0.5) is 4.39 Å². The Morgan fingerprint density at radius 1 is 1.21 bits per heavy atom. The molecule has 0 radical (unpaired) electrons. The quantitative estimate of drug-likeness (QED) is 0.595. The van der Waals surface area contributed by atoms with Crippen molar-refractivity contribution < 1.29 is 13.9 Å². The molecule has 1 aliphatic heterocycles. The topological polar surface area (TPSA) is 42.4 Å². The van der Waals surface area contributed by atoms with Crippen molar-refractivity contribution in [3.8, 4) is 5.19 Å². The molecule has 2 heterocycles. The van der Waals surface area contributed by atoms with Gasteiger partial charge in [-0.1, -0.05) is 43.6 Å². The molecule has 2 fully saturated rings. The van der Waals surface area contributed by atoms with Crippen LogP contribution < -0.4 is 4.74 Å². The van der Waals surface area contributed by atoms with Crippen LogP contribution in [0.3, 0.4) is 0 Å². The van der Waals surface area contributed by atoms with E-state index in [4.69, 9.17) is 4.74 Å². The van der Waals surface area contributed by atoms with Crippen LogP contribution in [-0.4, -0.2) is 35.0 Å². The highest BCUT2D eigenvalue weighted by molar-refractivity contribution is 7.20. The number of halogens is 1. The Hall–Kier alpha value is -1.69. The van der Waals surface area contributed by atoms with Gasteiger partial charge in [0, 0.05) is 31.8 Å². The first-order chi connectivity index (χ1) is 14.1. The minimum Gasteiger partial charge on any atom is -0.467 e. The average Bonchev–Trinajstić information content (AvgIpc) is 3.16. The average molecular weight is 419 g/mol. The van der Waals surface area contributed by atoms with E-state index in [2.05, 4.69) is 11.9 Å². The van der Waals surface area contributed by atoms with Crippen molar-refractivity contribution in [1.82, 2.24) is 9.88 Å². The van der Waals surface area contributed by atoms with Crippen LogP contribution in [0.1, 0.15) is 64.7 Å². The Bertz CT molecular complexity index is 823. The summed E-state index contributed by atoms with van der Waals surface area (Å²) in [6.07, 6.45) is 10.1. The second kappa shape index (κ2) is 9.41. The van der Waals surface area contributed by atoms with E-state index in [0.717, 1.165) is 49.4 Å². The number of unbranched alkanes of at least 4 members (excludes halogenated alkanes) is 1. The van der Waals surface area contributed by atoms with E-state index in [9.17, 15) is 9.18 Å². The summed E-state index contributed by atoms with van der Waals surface area (Å²) in [5, 5.41) is 0.528. The van der Waals surface area contributed by atoms with E-state index >= 15 is 0 Å². The van der Waals surface area contributed by atoms with Gasteiger partial charge in [-0.25, -0.2) is 4.39 Å². The molecule has 1 aromatic heterocycles. The van der Waals surface area contributed by atoms with Crippen LogP contribution >= 0.6 is 11.3 Å². The van der Waals surface area contributed by atoms with E-state index in [1.807, 2.05) is 11.0 Å². The maximum atomic E-state index is 13.8. The molecule has 1 amide bonds. The second-order valence-corrected chi connectivity index (χ2v) is 9.56. The van der Waals surface area contributed by atoms with Crippen LogP contribution in [0, 0.1) is 17.7 Å². The molecule has 2 aromatic rings. The maximum absolute atomic E-state index is 13.8. The molecule has 158 valence electrons. The number of benzene rings is 1. The number of carbonyl (C=O) groups is 1. The maximum Gasteiger partial charge on any atom is 0.274 e. The van der Waals surface area contributed by atoms with Crippen molar-refractivity contribution in [3.63, 3.8) is 0 Å². The number of hydrogen-bond acceptors (Lipinski definition) is 4. The SMILES string of the molecule is CCCCC1CCC(C(=O)N2CCC(Oc3nc4c(F)cccc4s3)CC2)CC1. The number of thiazole rings is 1. The molecule has 0 bridgehead atoms. The molecule has 1 saturated carbocycles. The summed E-state index contributed by atoms with van der Waals surface area (Å²) in [6.45, 7) is 3.74. The van der Waals surface area contributed by atoms with Crippen molar-refractivity contribution in [2.24, 2.45) is 11.8 Å². The Kier molecular flexibility index (Phi) is 6.68. The molecule has 0 spiro atoms. The Morgan fingerprint density at radius 2 is 1.97 bits per heavy atom. The number of fused-ring (bicyclic) bond motifs is 1. The molecule has 0 unspecified atom stereocenters. The molecular formula is C23H31FN2O2S. The smallest absolute Gasteiger partial charge is 0.274 e. The van der Waals surface area contributed by atoms with Crippen LogP contribution in [-0.2, 0) is 4.79 Å². The van der Waals surface area contributed by atoms with E-state index in [-0.39, 0.29) is 17.8 Å². The molecule has 6 heteroatoms. The van der Waals surface area contributed by atoms with Crippen molar-refractivity contribution in [3.05, 3.63) is 24.0 Å². The van der Waals surface area contributed by atoms with Gasteiger partial charge in [0.2, 0.25) is 5.91 Å². The molecular weight excluding hydrogens is 387 g/mol. The van der Waals surface area contributed by atoms with Gasteiger partial charge < -0.3 is 9.64 Å². The number of nitrogens with zero attached hydrogens (tertiary/aromatic N) is 2. The van der Waals surface area contributed by atoms with E-state index < -0.39 is 0 Å². The highest BCUT2D eigenvalue weighted by atomic mass is 32.1. The van der Waals surface area contributed by atoms with Gasteiger partial charge in [0.25, 0.3) is 5.19 Å². The second-order valence-electron chi connectivity index (χ2n) is 8.57. The lowest BCUT2D eigenvalue weighted by Crippen LogP contribution is -2.45. The summed E-state index contributed by atoms with van der Waals surface area (Å²) < 4.78 is 20.7. The number of amides is 1. The van der Waals surface area contributed by atoms with Crippen molar-refractivity contribution >= 4 is 27.5 Å². The molecule has 2 aliphatic rings. The van der Waals surface area contributed by atoms with Gasteiger partial charge in [-0.15, -0.1) is 0 Å². The number of carbonyl (C=O) groups excluding carboxylic acids is 1. The van der Waals surface area contributed by atoms with Crippen LogP contribution in [0.15, 0.2) is 18.2 Å². The fourth-order valence-electron chi connectivity index (χ4n) is 4.73. The number of rotatable bonds is 6. The van der Waals surface area contributed by atoms with E-state index in [1.165, 1.54) is 49.5 Å². The van der Waals surface area contributed by atoms with Gasteiger partial charge >= 0.3 is 0 Å². The fourth-order valence-corrected chi connectivity index (χ4v) is 5.63. The monoisotopic (exact) mass is 418 g/mol. The molecule has 1 aliphatic carbocycles. The molecule has 1 saturated heterocycles. The molecule has 4 rings (SSSR count). The molecule has 0 atom stereocenters. The summed E-state index contributed by atoms with van der Waals surface area (Å²) in [5.41, 5.74) is 0.384. The third kappa shape index (κ3) is 4.90. The Labute approximate surface area is 176 Å². The highest BCUT2D eigenvalue weighted by Crippen LogP contribution is 2.34. The zero-order valence-electron chi connectivity index (χ0n) is 17.2. The van der Waals surface area contributed by atoms with Crippen LogP contribution in [0.2, 0.25) is 0 Å². The van der Waals surface area contributed by atoms with Crippen LogP contribution in [0.5, 0.6) is 5.19 Å². The van der Waals surface area contributed by atoms with Gasteiger partial charge in [-0.05, 0) is 43.7 Å². The first-order valence-electron chi connectivity index (χ1n) is 11.1. The Morgan fingerprint density at radius 3 is 2.66 bits per heavy atom. The number of ether oxygens (including phenoxy) is 1. The summed E-state index contributed by atoms with van der Waals surface area (Å²) in [4.78, 5) is 19.3. The molecule has 4 nitrogen and oxygen atoms in total. The minimum atomic E-state index is -0.307. The summed E-state index contributed by atoms with van der Waals surface area (Å²) in [6, 6.07) is 4.98. The number of aromatic nitrogens is 1. The molecule has 0 N–H and O–H groups in total. The molecule has 29 heavy (non-hydrogen) atoms. The third-order valence-corrected chi connectivity index (χ3v) is 7.44. The van der Waals surface area contributed by atoms with Crippen LogP contribution in [0.25, 0.3) is 10.2 Å². The van der Waals surface area contributed by atoms with E-state index in [0.29, 0.717) is 16.6 Å². The predicted octanol–water partition coefficient (Wildman–Crippen LogP) is 5.80. The lowest BCUT2D eigenvalue weighted by molar-refractivity contribution is -0.138. The van der Waals surface area contributed by atoms with Gasteiger partial charge in [0.05, 0.1) is 4.70 Å². The van der Waals surface area contributed by atoms with Gasteiger partial charge in [0.1, 0.15) is 17.4 Å². The zero-order valence-corrected chi connectivity index (χ0v) is 18.1. The number of piperidine rings is 1. The first-order valence-corrected chi connectivity index (χ1v) is 12.0. The van der Waals surface area contributed by atoms with Crippen molar-refractivity contribution in [2.45, 2.75) is 70.8 Å². The normalized spacial score (nSPS) is 23.4. The standard InChI is InChI=1S/C23H31FN2O2S/c1-2-3-5-16-8-10-17(11-9-16)22(27)26-14-12-18(13-15-26)28-23-25-21-19(24)6-4-7-20(21)29-23/h4,6-7,16-18H,2-3,5,8-15H2,1H3. The summed E-state index contributed by atoms with van der Waals surface area (Å²) in [7, 11) is 0. The predicted molar refractivity (Wildman–Crippen MR) is 115 cm³/mol. The van der Waals surface area contributed by atoms with Gasteiger partial charge in [-0.3, -0.25) is 4.79 Å². The van der Waals surface area contributed by atoms with Gasteiger partial charge in [0.15, 0.2) is 0 Å².